The lowest BCUT2D eigenvalue weighted by atomic mass is 10.1. The summed E-state index contributed by atoms with van der Waals surface area (Å²) in [4.78, 5) is 13.7. The highest BCUT2D eigenvalue weighted by atomic mass is 79.9. The van der Waals surface area contributed by atoms with Crippen LogP contribution in [0.15, 0.2) is 46.9 Å². The van der Waals surface area contributed by atoms with Gasteiger partial charge >= 0.3 is 0 Å². The number of halogens is 2. The maximum absolute atomic E-state index is 13.8. The summed E-state index contributed by atoms with van der Waals surface area (Å²) in [6, 6.07) is 12.3. The van der Waals surface area contributed by atoms with Crippen LogP contribution in [-0.4, -0.2) is 17.9 Å². The molecule has 2 nitrogen and oxygen atoms in total. The summed E-state index contributed by atoms with van der Waals surface area (Å²) < 4.78 is 14.8. The smallest absolute Gasteiger partial charge is 0.256 e. The fourth-order valence-electron chi connectivity index (χ4n) is 1.98. The van der Waals surface area contributed by atoms with Crippen molar-refractivity contribution in [2.24, 2.45) is 0 Å². The summed E-state index contributed by atoms with van der Waals surface area (Å²) in [5.41, 5.74) is 1.89. The van der Waals surface area contributed by atoms with Crippen LogP contribution in [0.4, 0.5) is 4.39 Å². The molecule has 0 heterocycles. The third-order valence-electron chi connectivity index (χ3n) is 3.01. The maximum Gasteiger partial charge on any atom is 0.256 e. The van der Waals surface area contributed by atoms with Gasteiger partial charge in [-0.25, -0.2) is 4.39 Å². The lowest BCUT2D eigenvalue weighted by Crippen LogP contribution is -2.27. The predicted octanol–water partition coefficient (Wildman–Crippen LogP) is 4.17. The number of hydrogen-bond donors (Lipinski definition) is 0. The summed E-state index contributed by atoms with van der Waals surface area (Å²) in [7, 11) is 1.67. The number of carbonyl (C=O) groups is 1. The van der Waals surface area contributed by atoms with Crippen LogP contribution in [0.1, 0.15) is 21.5 Å². The van der Waals surface area contributed by atoms with E-state index in [1.54, 1.807) is 20.0 Å². The molecule has 0 aromatic heterocycles. The van der Waals surface area contributed by atoms with Crippen LogP contribution in [0.25, 0.3) is 0 Å². The van der Waals surface area contributed by atoms with Crippen molar-refractivity contribution in [3.8, 4) is 0 Å². The molecule has 0 saturated carbocycles. The number of aryl methyl sites for hydroxylation is 1. The Bertz CT molecular complexity index is 642. The van der Waals surface area contributed by atoms with Crippen LogP contribution in [0.3, 0.4) is 0 Å². The Morgan fingerprint density at radius 2 is 2.00 bits per heavy atom. The van der Waals surface area contributed by atoms with E-state index in [2.05, 4.69) is 15.9 Å². The molecule has 0 spiro atoms. The molecule has 0 aliphatic rings. The van der Waals surface area contributed by atoms with Gasteiger partial charge in [0, 0.05) is 18.1 Å². The Kier molecular flexibility index (Phi) is 4.55. The molecule has 0 saturated heterocycles. The molecule has 0 fully saturated rings. The normalized spacial score (nSPS) is 10.4. The average molecular weight is 336 g/mol. The zero-order valence-corrected chi connectivity index (χ0v) is 12.9. The van der Waals surface area contributed by atoms with Gasteiger partial charge in [-0.2, -0.15) is 0 Å². The fraction of sp³-hybridized carbons (Fsp3) is 0.188. The van der Waals surface area contributed by atoms with Gasteiger partial charge in [-0.3, -0.25) is 4.79 Å². The van der Waals surface area contributed by atoms with E-state index >= 15 is 0 Å². The minimum Gasteiger partial charge on any atom is -0.337 e. The van der Waals surface area contributed by atoms with Crippen LogP contribution in [-0.2, 0) is 6.54 Å². The molecule has 0 unspecified atom stereocenters. The number of amides is 1. The molecule has 0 radical (unpaired) electrons. The average Bonchev–Trinajstić information content (AvgIpc) is 2.38. The summed E-state index contributed by atoms with van der Waals surface area (Å²) >= 11 is 3.39. The van der Waals surface area contributed by atoms with Gasteiger partial charge < -0.3 is 4.90 Å². The van der Waals surface area contributed by atoms with Gasteiger partial charge in [0.25, 0.3) is 5.91 Å². The van der Waals surface area contributed by atoms with Gasteiger partial charge in [-0.1, -0.05) is 34.1 Å². The number of hydrogen-bond acceptors (Lipinski definition) is 1. The van der Waals surface area contributed by atoms with Crippen molar-refractivity contribution in [1.29, 1.82) is 0 Å². The molecule has 0 atom stereocenters. The van der Waals surface area contributed by atoms with Crippen molar-refractivity contribution in [3.05, 3.63) is 69.4 Å². The van der Waals surface area contributed by atoms with Crippen molar-refractivity contribution >= 4 is 21.8 Å². The minimum absolute atomic E-state index is 0.105. The highest BCUT2D eigenvalue weighted by Crippen LogP contribution is 2.16. The van der Waals surface area contributed by atoms with E-state index in [9.17, 15) is 9.18 Å². The third-order valence-corrected chi connectivity index (χ3v) is 3.50. The topological polar surface area (TPSA) is 20.3 Å². The molecule has 0 aliphatic carbocycles. The molecule has 1 amide bonds. The zero-order chi connectivity index (χ0) is 14.7. The van der Waals surface area contributed by atoms with Gasteiger partial charge in [-0.05, 0) is 42.3 Å². The molecule has 104 valence electrons. The minimum atomic E-state index is -0.476. The van der Waals surface area contributed by atoms with Crippen molar-refractivity contribution in [3.63, 3.8) is 0 Å². The Hall–Kier alpha value is -1.68. The van der Waals surface area contributed by atoms with Gasteiger partial charge in [0.15, 0.2) is 0 Å². The van der Waals surface area contributed by atoms with Crippen LogP contribution in [0, 0.1) is 12.7 Å². The monoisotopic (exact) mass is 335 g/mol. The van der Waals surface area contributed by atoms with Gasteiger partial charge in [-0.15, -0.1) is 0 Å². The number of carbonyl (C=O) groups excluding carboxylic acids is 1. The lowest BCUT2D eigenvalue weighted by Gasteiger charge is -2.18. The first-order valence-corrected chi connectivity index (χ1v) is 7.03. The first-order chi connectivity index (χ1) is 9.47. The molecule has 0 aliphatic heterocycles. The van der Waals surface area contributed by atoms with Crippen molar-refractivity contribution in [1.82, 2.24) is 4.90 Å². The molecule has 0 bridgehead atoms. The molecule has 2 rings (SSSR count). The summed E-state index contributed by atoms with van der Waals surface area (Å²) in [6.45, 7) is 2.23. The van der Waals surface area contributed by atoms with E-state index in [0.29, 0.717) is 6.54 Å². The van der Waals surface area contributed by atoms with Crippen LogP contribution in [0.2, 0.25) is 0 Å². The molecular formula is C16H15BrFNO. The number of benzene rings is 2. The number of nitrogens with zero attached hydrogens (tertiary/aromatic N) is 1. The predicted molar refractivity (Wildman–Crippen MR) is 81.1 cm³/mol. The van der Waals surface area contributed by atoms with Crippen LogP contribution in [0.5, 0.6) is 0 Å². The maximum atomic E-state index is 13.8. The van der Waals surface area contributed by atoms with E-state index in [1.165, 1.54) is 17.0 Å². The Labute approximate surface area is 126 Å². The van der Waals surface area contributed by atoms with E-state index in [4.69, 9.17) is 0 Å². The van der Waals surface area contributed by atoms with Crippen molar-refractivity contribution < 1.29 is 9.18 Å². The first-order valence-electron chi connectivity index (χ1n) is 6.23. The summed E-state index contributed by atoms with van der Waals surface area (Å²) in [5, 5.41) is 0. The third kappa shape index (κ3) is 3.45. The second-order valence-corrected chi connectivity index (χ2v) is 5.69. The standard InChI is InChI=1S/C16H15BrFNO/c1-11-6-7-14(15(18)8-11)16(20)19(2)10-12-4-3-5-13(17)9-12/h3-9H,10H2,1-2H3. The van der Waals surface area contributed by atoms with E-state index < -0.39 is 5.82 Å². The molecule has 2 aromatic carbocycles. The SMILES string of the molecule is Cc1ccc(C(=O)N(C)Cc2cccc(Br)c2)c(F)c1. The molecule has 2 aromatic rings. The van der Waals surface area contributed by atoms with E-state index in [-0.39, 0.29) is 11.5 Å². The quantitative estimate of drug-likeness (QED) is 0.824. The van der Waals surface area contributed by atoms with Crippen LogP contribution >= 0.6 is 15.9 Å². The first kappa shape index (κ1) is 14.7. The van der Waals surface area contributed by atoms with Gasteiger partial charge in [0.2, 0.25) is 0 Å². The van der Waals surface area contributed by atoms with Crippen molar-refractivity contribution in [2.45, 2.75) is 13.5 Å². The van der Waals surface area contributed by atoms with Crippen molar-refractivity contribution in [2.75, 3.05) is 7.05 Å². The van der Waals surface area contributed by atoms with Crippen LogP contribution < -0.4 is 0 Å². The van der Waals surface area contributed by atoms with Gasteiger partial charge in [0.1, 0.15) is 5.82 Å². The highest BCUT2D eigenvalue weighted by Gasteiger charge is 2.16. The zero-order valence-electron chi connectivity index (χ0n) is 11.4. The Morgan fingerprint density at radius 1 is 1.25 bits per heavy atom. The second kappa shape index (κ2) is 6.18. The summed E-state index contributed by atoms with van der Waals surface area (Å²) in [6.07, 6.45) is 0. The highest BCUT2D eigenvalue weighted by molar-refractivity contribution is 9.10. The molecular weight excluding hydrogens is 321 g/mol. The molecule has 4 heteroatoms. The lowest BCUT2D eigenvalue weighted by molar-refractivity contribution is 0.0780. The molecule has 0 N–H and O–H groups in total. The molecule has 20 heavy (non-hydrogen) atoms. The fourth-order valence-corrected chi connectivity index (χ4v) is 2.43. The number of rotatable bonds is 3. The van der Waals surface area contributed by atoms with E-state index in [0.717, 1.165) is 15.6 Å². The van der Waals surface area contributed by atoms with Gasteiger partial charge in [0.05, 0.1) is 5.56 Å². The Morgan fingerprint density at radius 3 is 2.65 bits per heavy atom. The second-order valence-electron chi connectivity index (χ2n) is 4.77. The van der Waals surface area contributed by atoms with E-state index in [1.807, 2.05) is 24.3 Å². The summed E-state index contributed by atoms with van der Waals surface area (Å²) in [5.74, 6) is -0.793. The largest absolute Gasteiger partial charge is 0.337 e. The Balaban J connectivity index is 2.16.